The van der Waals surface area contributed by atoms with Gasteiger partial charge in [0.15, 0.2) is 5.82 Å². The number of ether oxygens (including phenoxy) is 1. The predicted octanol–water partition coefficient (Wildman–Crippen LogP) is 5.05. The van der Waals surface area contributed by atoms with Crippen molar-refractivity contribution in [2.75, 3.05) is 11.9 Å². The molecular formula is C31H36N6O4. The van der Waals surface area contributed by atoms with E-state index in [0.29, 0.717) is 53.7 Å². The highest BCUT2D eigenvalue weighted by molar-refractivity contribution is 5.99. The van der Waals surface area contributed by atoms with Gasteiger partial charge in [-0.15, -0.1) is 0 Å². The highest BCUT2D eigenvalue weighted by Crippen LogP contribution is 2.43. The number of aromatic nitrogens is 3. The van der Waals surface area contributed by atoms with Gasteiger partial charge in [0.05, 0.1) is 36.6 Å². The zero-order valence-corrected chi connectivity index (χ0v) is 23.6. The van der Waals surface area contributed by atoms with Crippen LogP contribution in [0, 0.1) is 29.1 Å². The second kappa shape index (κ2) is 11.0. The van der Waals surface area contributed by atoms with E-state index >= 15 is 0 Å². The topological polar surface area (TPSA) is 133 Å². The number of anilines is 2. The zero-order chi connectivity index (χ0) is 28.7. The van der Waals surface area contributed by atoms with Gasteiger partial charge in [-0.25, -0.2) is 0 Å². The van der Waals surface area contributed by atoms with Gasteiger partial charge in [-0.2, -0.15) is 10.4 Å². The molecule has 3 aliphatic rings. The number of benzene rings is 1. The van der Waals surface area contributed by atoms with Crippen LogP contribution in [0.5, 0.6) is 0 Å². The van der Waals surface area contributed by atoms with Gasteiger partial charge < -0.3 is 19.9 Å². The van der Waals surface area contributed by atoms with Gasteiger partial charge in [0.1, 0.15) is 5.39 Å². The van der Waals surface area contributed by atoms with E-state index in [4.69, 9.17) is 9.84 Å². The lowest BCUT2D eigenvalue weighted by Crippen LogP contribution is -2.39. The minimum absolute atomic E-state index is 0.0207. The summed E-state index contributed by atoms with van der Waals surface area (Å²) >= 11 is 0. The predicted molar refractivity (Wildman–Crippen MR) is 153 cm³/mol. The van der Waals surface area contributed by atoms with E-state index in [-0.39, 0.29) is 35.4 Å². The van der Waals surface area contributed by atoms with E-state index in [0.717, 1.165) is 49.8 Å². The Morgan fingerprint density at radius 3 is 2.66 bits per heavy atom. The lowest BCUT2D eigenvalue weighted by atomic mass is 9.85. The maximum absolute atomic E-state index is 13.3. The van der Waals surface area contributed by atoms with E-state index in [1.54, 1.807) is 6.20 Å². The van der Waals surface area contributed by atoms with Crippen LogP contribution in [0.1, 0.15) is 80.8 Å². The third kappa shape index (κ3) is 5.33. The van der Waals surface area contributed by atoms with Crippen molar-refractivity contribution in [3.05, 3.63) is 51.9 Å². The molecule has 2 aromatic heterocycles. The molecule has 2 aliphatic carbocycles. The maximum Gasteiger partial charge on any atom is 0.308 e. The minimum atomic E-state index is -0.242. The molecule has 41 heavy (non-hydrogen) atoms. The summed E-state index contributed by atoms with van der Waals surface area (Å²) < 4.78 is 7.28. The van der Waals surface area contributed by atoms with E-state index < -0.39 is 0 Å². The highest BCUT2D eigenvalue weighted by atomic mass is 16.5. The SMILES string of the molecule is CC(C)COC(=O)C1CCC(N2Cc3cc(Nc4nn([C@@H](CC#N)C5CC5)c5cc[nH]c(=O)c45)ccc3C2=O)CC1. The molecular weight excluding hydrogens is 520 g/mol. The number of carbonyl (C=O) groups is 2. The van der Waals surface area contributed by atoms with Crippen LogP contribution in [-0.2, 0) is 16.1 Å². The van der Waals surface area contributed by atoms with Gasteiger partial charge in [0.25, 0.3) is 11.5 Å². The number of nitrogens with one attached hydrogen (secondary N) is 2. The lowest BCUT2D eigenvalue weighted by molar-refractivity contribution is -0.151. The molecule has 1 aliphatic heterocycles. The van der Waals surface area contributed by atoms with Gasteiger partial charge >= 0.3 is 5.97 Å². The van der Waals surface area contributed by atoms with Gasteiger partial charge in [0.2, 0.25) is 0 Å². The smallest absolute Gasteiger partial charge is 0.308 e. The molecule has 1 amide bonds. The Kier molecular flexibility index (Phi) is 7.28. The highest BCUT2D eigenvalue weighted by Gasteiger charge is 2.37. The number of pyridine rings is 1. The van der Waals surface area contributed by atoms with Crippen molar-refractivity contribution in [1.82, 2.24) is 19.7 Å². The molecule has 2 saturated carbocycles. The number of nitrogens with zero attached hydrogens (tertiary/aromatic N) is 4. The molecule has 0 bridgehead atoms. The third-order valence-electron chi connectivity index (χ3n) is 8.64. The average Bonchev–Trinajstić information content (AvgIpc) is 3.67. The summed E-state index contributed by atoms with van der Waals surface area (Å²) in [6.07, 6.45) is 7.08. The maximum atomic E-state index is 13.3. The first-order chi connectivity index (χ1) is 19.8. The van der Waals surface area contributed by atoms with E-state index in [1.807, 2.05) is 47.7 Å². The molecule has 1 atom stereocenters. The fraction of sp³-hybridized carbons (Fsp3) is 0.516. The molecule has 214 valence electrons. The Morgan fingerprint density at radius 1 is 1.17 bits per heavy atom. The fourth-order valence-corrected chi connectivity index (χ4v) is 6.31. The van der Waals surface area contributed by atoms with Crippen molar-refractivity contribution in [3.8, 4) is 6.07 Å². The average molecular weight is 557 g/mol. The lowest BCUT2D eigenvalue weighted by Gasteiger charge is -2.33. The number of fused-ring (bicyclic) bond motifs is 2. The van der Waals surface area contributed by atoms with Crippen LogP contribution in [0.2, 0.25) is 0 Å². The number of hydrogen-bond donors (Lipinski definition) is 2. The Bertz CT molecular complexity index is 1570. The van der Waals surface area contributed by atoms with Crippen LogP contribution in [0.4, 0.5) is 11.5 Å². The number of amides is 1. The number of nitriles is 1. The van der Waals surface area contributed by atoms with E-state index in [2.05, 4.69) is 16.4 Å². The Balaban J connectivity index is 1.18. The van der Waals surface area contributed by atoms with Crippen molar-refractivity contribution in [1.29, 1.82) is 5.26 Å². The number of H-pyrrole nitrogens is 1. The fourth-order valence-electron chi connectivity index (χ4n) is 6.31. The Labute approximate surface area is 238 Å². The third-order valence-corrected chi connectivity index (χ3v) is 8.64. The van der Waals surface area contributed by atoms with Gasteiger partial charge in [-0.3, -0.25) is 19.1 Å². The van der Waals surface area contributed by atoms with Crippen LogP contribution >= 0.6 is 0 Å². The quantitative estimate of drug-likeness (QED) is 0.353. The molecule has 0 spiro atoms. The second-order valence-corrected chi connectivity index (χ2v) is 12.1. The molecule has 2 fully saturated rings. The van der Waals surface area contributed by atoms with E-state index in [1.165, 1.54) is 0 Å². The molecule has 10 heteroatoms. The number of esters is 1. The summed E-state index contributed by atoms with van der Waals surface area (Å²) in [5.74, 6) is 0.957. The zero-order valence-electron chi connectivity index (χ0n) is 23.6. The molecule has 10 nitrogen and oxygen atoms in total. The van der Waals surface area contributed by atoms with Crippen LogP contribution in [-0.4, -0.2) is 44.2 Å². The Morgan fingerprint density at radius 2 is 1.95 bits per heavy atom. The summed E-state index contributed by atoms with van der Waals surface area (Å²) in [5, 5.41) is 18.0. The molecule has 0 unspecified atom stereocenters. The van der Waals surface area contributed by atoms with Crippen molar-refractivity contribution < 1.29 is 14.3 Å². The molecule has 1 aromatic carbocycles. The number of carbonyl (C=O) groups excluding carboxylic acids is 2. The van der Waals surface area contributed by atoms with Gasteiger partial charge in [0, 0.05) is 30.0 Å². The number of aromatic amines is 1. The van der Waals surface area contributed by atoms with Gasteiger partial charge in [-0.05, 0) is 80.2 Å². The standard InChI is InChI=1S/C31H36N6O4/c1-18(2)17-41-31(40)20-5-8-23(9-6-20)36-16-21-15-22(7-10-24(21)30(36)39)34-28-27-26(12-14-33-29(27)38)37(35-28)25(11-13-32)19-3-4-19/h7,10,12,14-15,18-20,23,25H,3-6,8-9,11,16-17H2,1-2H3,(H,33,38)(H,34,35)/t20?,23?,25-/m0/s1. The van der Waals surface area contributed by atoms with Crippen LogP contribution in [0.3, 0.4) is 0 Å². The monoisotopic (exact) mass is 556 g/mol. The number of hydrogen-bond acceptors (Lipinski definition) is 7. The molecule has 3 aromatic rings. The first kappa shape index (κ1) is 27.1. The summed E-state index contributed by atoms with van der Waals surface area (Å²) in [4.78, 5) is 43.3. The van der Waals surface area contributed by atoms with Crippen LogP contribution in [0.25, 0.3) is 10.9 Å². The van der Waals surface area contributed by atoms with Crippen molar-refractivity contribution in [3.63, 3.8) is 0 Å². The Hall–Kier alpha value is -4.13. The van der Waals surface area contributed by atoms with Crippen LogP contribution < -0.4 is 10.9 Å². The normalized spacial score (nSPS) is 21.1. The van der Waals surface area contributed by atoms with Crippen molar-refractivity contribution in [2.24, 2.45) is 17.8 Å². The van der Waals surface area contributed by atoms with E-state index in [9.17, 15) is 19.6 Å². The van der Waals surface area contributed by atoms with Crippen LogP contribution in [0.15, 0.2) is 35.3 Å². The summed E-state index contributed by atoms with van der Waals surface area (Å²) in [5.41, 5.74) is 2.82. The minimum Gasteiger partial charge on any atom is -0.465 e. The second-order valence-electron chi connectivity index (χ2n) is 12.1. The van der Waals surface area contributed by atoms with Gasteiger partial charge in [-0.1, -0.05) is 13.8 Å². The molecule has 0 saturated heterocycles. The van der Waals surface area contributed by atoms with Crippen molar-refractivity contribution >= 4 is 34.3 Å². The molecule has 2 N–H and O–H groups in total. The summed E-state index contributed by atoms with van der Waals surface area (Å²) in [7, 11) is 0. The summed E-state index contributed by atoms with van der Waals surface area (Å²) in [6, 6.07) is 9.77. The molecule has 6 rings (SSSR count). The van der Waals surface area contributed by atoms with Crippen molar-refractivity contribution in [2.45, 2.75) is 77.4 Å². The molecule has 3 heterocycles. The largest absolute Gasteiger partial charge is 0.465 e. The molecule has 0 radical (unpaired) electrons. The number of rotatable bonds is 9. The summed E-state index contributed by atoms with van der Waals surface area (Å²) in [6.45, 7) is 5.01. The first-order valence-electron chi connectivity index (χ1n) is 14.7. The first-order valence-corrected chi connectivity index (χ1v) is 14.7.